The van der Waals surface area contributed by atoms with E-state index in [1.165, 1.54) is 11.0 Å². The third-order valence-corrected chi connectivity index (χ3v) is 2.82. The smallest absolute Gasteiger partial charge is 0.228 e. The molecule has 0 bridgehead atoms. The molecule has 0 aromatic heterocycles. The predicted molar refractivity (Wildman–Crippen MR) is 56.3 cm³/mol. The molecule has 6 heteroatoms. The van der Waals surface area contributed by atoms with Gasteiger partial charge in [-0.2, -0.15) is 0 Å². The molecule has 1 aliphatic rings. The summed E-state index contributed by atoms with van der Waals surface area (Å²) in [5, 5.41) is -0.387. The molecule has 0 aliphatic carbocycles. The molecule has 86 valence electrons. The molecule has 1 unspecified atom stereocenters. The zero-order valence-corrected chi connectivity index (χ0v) is 8.97. The lowest BCUT2D eigenvalue weighted by molar-refractivity contribution is -0.117. The fourth-order valence-electron chi connectivity index (χ4n) is 1.69. The van der Waals surface area contributed by atoms with E-state index in [1.54, 1.807) is 0 Å². The van der Waals surface area contributed by atoms with Gasteiger partial charge in [-0.25, -0.2) is 8.78 Å². The summed E-state index contributed by atoms with van der Waals surface area (Å²) in [6.45, 7) is 0.267. The normalized spacial score (nSPS) is 20.6. The summed E-state index contributed by atoms with van der Waals surface area (Å²) in [6.07, 6.45) is 0.190. The third kappa shape index (κ3) is 1.76. The number of halogens is 3. The minimum atomic E-state index is -1.15. The standard InChI is InChI=1S/C10H9ClF2N2O/c11-9-7(2-1-6(12)10(9)13)15-4-5(14)3-8(15)16/h1-2,5H,3-4,14H2. The molecule has 1 aliphatic heterocycles. The van der Waals surface area contributed by atoms with E-state index in [0.717, 1.165) is 6.07 Å². The number of amides is 1. The van der Waals surface area contributed by atoms with Crippen molar-refractivity contribution in [3.8, 4) is 0 Å². The summed E-state index contributed by atoms with van der Waals surface area (Å²) in [4.78, 5) is 12.8. The summed E-state index contributed by atoms with van der Waals surface area (Å²) in [7, 11) is 0. The van der Waals surface area contributed by atoms with Crippen LogP contribution in [0.4, 0.5) is 14.5 Å². The number of rotatable bonds is 1. The Kier molecular flexibility index (Phi) is 2.82. The fraction of sp³-hybridized carbons (Fsp3) is 0.300. The van der Waals surface area contributed by atoms with Gasteiger partial charge in [-0.1, -0.05) is 11.6 Å². The van der Waals surface area contributed by atoms with Crippen molar-refractivity contribution in [2.45, 2.75) is 12.5 Å². The molecular formula is C10H9ClF2N2O. The number of nitrogens with two attached hydrogens (primary N) is 1. The number of carbonyl (C=O) groups is 1. The molecule has 3 nitrogen and oxygen atoms in total. The van der Waals surface area contributed by atoms with Crippen molar-refractivity contribution in [1.82, 2.24) is 0 Å². The maximum atomic E-state index is 13.2. The Hall–Kier alpha value is -1.20. The number of anilines is 1. The molecule has 1 aromatic rings. The average molecular weight is 247 g/mol. The van der Waals surface area contributed by atoms with E-state index < -0.39 is 11.6 Å². The van der Waals surface area contributed by atoms with E-state index in [9.17, 15) is 13.6 Å². The van der Waals surface area contributed by atoms with E-state index in [0.29, 0.717) is 0 Å². The lowest BCUT2D eigenvalue weighted by Crippen LogP contribution is -2.28. The fourth-order valence-corrected chi connectivity index (χ4v) is 1.95. The van der Waals surface area contributed by atoms with Crippen LogP contribution < -0.4 is 10.6 Å². The first kappa shape index (κ1) is 11.3. The number of nitrogens with zero attached hydrogens (tertiary/aromatic N) is 1. The van der Waals surface area contributed by atoms with Gasteiger partial charge in [-0.3, -0.25) is 4.79 Å². The van der Waals surface area contributed by atoms with E-state index >= 15 is 0 Å². The molecule has 1 amide bonds. The minimum Gasteiger partial charge on any atom is -0.326 e. The maximum absolute atomic E-state index is 13.2. The number of benzene rings is 1. The lowest BCUT2D eigenvalue weighted by Gasteiger charge is -2.17. The Morgan fingerprint density at radius 1 is 1.44 bits per heavy atom. The molecule has 0 spiro atoms. The number of hydrogen-bond donors (Lipinski definition) is 1. The van der Waals surface area contributed by atoms with Gasteiger partial charge in [0.25, 0.3) is 0 Å². The lowest BCUT2D eigenvalue weighted by atomic mass is 10.2. The first-order valence-electron chi connectivity index (χ1n) is 4.70. The second-order valence-corrected chi connectivity index (χ2v) is 4.04. The van der Waals surface area contributed by atoms with Crippen LogP contribution in [0.2, 0.25) is 5.02 Å². The monoisotopic (exact) mass is 246 g/mol. The van der Waals surface area contributed by atoms with Crippen LogP contribution in [0.1, 0.15) is 6.42 Å². The van der Waals surface area contributed by atoms with E-state index in [2.05, 4.69) is 0 Å². The van der Waals surface area contributed by atoms with Gasteiger partial charge in [0.1, 0.15) is 5.02 Å². The van der Waals surface area contributed by atoms with Crippen LogP contribution in [0, 0.1) is 11.6 Å². The molecule has 1 aromatic carbocycles. The molecule has 0 saturated carbocycles. The van der Waals surface area contributed by atoms with Crippen molar-refractivity contribution in [3.63, 3.8) is 0 Å². The second-order valence-electron chi connectivity index (χ2n) is 3.66. The van der Waals surface area contributed by atoms with Gasteiger partial charge < -0.3 is 10.6 Å². The zero-order valence-electron chi connectivity index (χ0n) is 8.21. The highest BCUT2D eigenvalue weighted by Gasteiger charge is 2.30. The quantitative estimate of drug-likeness (QED) is 0.767. The highest BCUT2D eigenvalue weighted by molar-refractivity contribution is 6.34. The van der Waals surface area contributed by atoms with Crippen LogP contribution >= 0.6 is 11.6 Å². The van der Waals surface area contributed by atoms with Crippen LogP contribution in [0.3, 0.4) is 0 Å². The van der Waals surface area contributed by atoms with Crippen LogP contribution in [-0.2, 0) is 4.79 Å². The van der Waals surface area contributed by atoms with Crippen molar-refractivity contribution in [2.24, 2.45) is 5.73 Å². The van der Waals surface area contributed by atoms with Crippen molar-refractivity contribution >= 4 is 23.2 Å². The summed E-state index contributed by atoms with van der Waals surface area (Å²) in [5.41, 5.74) is 5.76. The summed E-state index contributed by atoms with van der Waals surface area (Å²) >= 11 is 5.64. The van der Waals surface area contributed by atoms with Gasteiger partial charge in [-0.05, 0) is 12.1 Å². The summed E-state index contributed by atoms with van der Waals surface area (Å²) < 4.78 is 26.0. The van der Waals surface area contributed by atoms with Gasteiger partial charge >= 0.3 is 0 Å². The molecule has 0 radical (unpaired) electrons. The van der Waals surface area contributed by atoms with Gasteiger partial charge in [-0.15, -0.1) is 0 Å². The highest BCUT2D eigenvalue weighted by Crippen LogP contribution is 2.32. The van der Waals surface area contributed by atoms with Gasteiger partial charge in [0.05, 0.1) is 5.69 Å². The SMILES string of the molecule is NC1CC(=O)N(c2ccc(F)c(F)c2Cl)C1. The maximum Gasteiger partial charge on any atom is 0.228 e. The number of hydrogen-bond acceptors (Lipinski definition) is 2. The minimum absolute atomic E-state index is 0.165. The molecule has 1 fully saturated rings. The van der Waals surface area contributed by atoms with Crippen molar-refractivity contribution in [3.05, 3.63) is 28.8 Å². The zero-order chi connectivity index (χ0) is 11.9. The molecule has 1 atom stereocenters. The van der Waals surface area contributed by atoms with Gasteiger partial charge in [0, 0.05) is 19.0 Å². The van der Waals surface area contributed by atoms with Crippen molar-refractivity contribution < 1.29 is 13.6 Å². The molecular weight excluding hydrogens is 238 g/mol. The first-order valence-corrected chi connectivity index (χ1v) is 5.08. The van der Waals surface area contributed by atoms with Gasteiger partial charge in [0.2, 0.25) is 5.91 Å². The van der Waals surface area contributed by atoms with Crippen LogP contribution in [0.25, 0.3) is 0 Å². The summed E-state index contributed by atoms with van der Waals surface area (Å²) in [6, 6.07) is 1.92. The van der Waals surface area contributed by atoms with Crippen LogP contribution in [0.5, 0.6) is 0 Å². The predicted octanol–water partition coefficient (Wildman–Crippen LogP) is 1.68. The Morgan fingerprint density at radius 2 is 2.12 bits per heavy atom. The topological polar surface area (TPSA) is 46.3 Å². The van der Waals surface area contributed by atoms with Crippen LogP contribution in [0.15, 0.2) is 12.1 Å². The van der Waals surface area contributed by atoms with E-state index in [-0.39, 0.29) is 35.6 Å². The molecule has 16 heavy (non-hydrogen) atoms. The Bertz CT molecular complexity index is 453. The van der Waals surface area contributed by atoms with E-state index in [1.807, 2.05) is 0 Å². The van der Waals surface area contributed by atoms with Crippen molar-refractivity contribution in [2.75, 3.05) is 11.4 Å². The third-order valence-electron chi connectivity index (χ3n) is 2.46. The number of carbonyl (C=O) groups excluding carboxylic acids is 1. The summed E-state index contributed by atoms with van der Waals surface area (Å²) in [5.74, 6) is -2.42. The molecule has 1 saturated heterocycles. The molecule has 2 N–H and O–H groups in total. The largest absolute Gasteiger partial charge is 0.326 e. The molecule has 2 rings (SSSR count). The van der Waals surface area contributed by atoms with E-state index in [4.69, 9.17) is 17.3 Å². The first-order chi connectivity index (χ1) is 7.50. The highest BCUT2D eigenvalue weighted by atomic mass is 35.5. The Labute approximate surface area is 95.8 Å². The Morgan fingerprint density at radius 3 is 2.69 bits per heavy atom. The average Bonchev–Trinajstić information content (AvgIpc) is 2.55. The van der Waals surface area contributed by atoms with Crippen molar-refractivity contribution in [1.29, 1.82) is 0 Å². The second kappa shape index (κ2) is 3.99. The van der Waals surface area contributed by atoms with Crippen LogP contribution in [-0.4, -0.2) is 18.5 Å². The van der Waals surface area contributed by atoms with Gasteiger partial charge in [0.15, 0.2) is 11.6 Å². The molecule has 1 heterocycles. The Balaban J connectivity index is 2.42.